The molecule has 0 aliphatic carbocycles. The molecule has 2 N–H and O–H groups in total. The van der Waals surface area contributed by atoms with E-state index in [1.807, 2.05) is 78.9 Å². The number of hydrogen-bond donors (Lipinski definition) is 2. The molecular formula is C41H39ClN4O5. The number of rotatable bonds is 9. The highest BCUT2D eigenvalue weighted by atomic mass is 35.5. The van der Waals surface area contributed by atoms with Crippen LogP contribution in [-0.4, -0.2) is 51.2 Å². The van der Waals surface area contributed by atoms with Crippen LogP contribution in [0.1, 0.15) is 54.0 Å². The van der Waals surface area contributed by atoms with Gasteiger partial charge in [0.2, 0.25) is 11.8 Å². The molecule has 0 saturated carbocycles. The number of aliphatic hydroxyl groups is 2. The molecule has 260 valence electrons. The van der Waals surface area contributed by atoms with Gasteiger partial charge < -0.3 is 20.0 Å². The smallest absolute Gasteiger partial charge is 0.264 e. The van der Waals surface area contributed by atoms with Gasteiger partial charge in [0, 0.05) is 42.3 Å². The van der Waals surface area contributed by atoms with E-state index in [1.54, 1.807) is 47.1 Å². The Balaban J connectivity index is 1.07. The molecule has 0 fully saturated rings. The van der Waals surface area contributed by atoms with Gasteiger partial charge in [-0.3, -0.25) is 14.4 Å². The molecule has 0 unspecified atom stereocenters. The Morgan fingerprint density at radius 3 is 2.45 bits per heavy atom. The van der Waals surface area contributed by atoms with Gasteiger partial charge in [-0.2, -0.15) is 5.10 Å². The molecule has 0 spiro atoms. The molecule has 3 heterocycles. The van der Waals surface area contributed by atoms with E-state index in [0.717, 1.165) is 28.0 Å². The summed E-state index contributed by atoms with van der Waals surface area (Å²) in [6, 6.07) is 29.8. The highest BCUT2D eigenvalue weighted by Crippen LogP contribution is 2.47. The Hall–Kier alpha value is -5.09. The van der Waals surface area contributed by atoms with Crippen LogP contribution in [0.2, 0.25) is 5.02 Å². The SMILES string of the molecule is C[C@H](/C=C/CC(=O)N1Cc2ccccc2C[C@H]1CO)[C@@]1(O)C(=O)N(Cc2ccc(N3N=C(c4ccccc4)CCC3=O)cc2)c2ccc(Cl)cc21. The quantitative estimate of drug-likeness (QED) is 0.204. The van der Waals surface area contributed by atoms with Crippen LogP contribution in [-0.2, 0) is 39.5 Å². The van der Waals surface area contributed by atoms with Crippen LogP contribution in [0.4, 0.5) is 11.4 Å². The fourth-order valence-corrected chi connectivity index (χ4v) is 7.44. The first-order chi connectivity index (χ1) is 24.7. The number of benzene rings is 4. The summed E-state index contributed by atoms with van der Waals surface area (Å²) in [6.07, 6.45) is 4.95. The van der Waals surface area contributed by atoms with Crippen LogP contribution >= 0.6 is 11.6 Å². The number of carbonyl (C=O) groups is 3. The maximum atomic E-state index is 14.1. The van der Waals surface area contributed by atoms with Gasteiger partial charge in [0.25, 0.3) is 5.91 Å². The summed E-state index contributed by atoms with van der Waals surface area (Å²) < 4.78 is 0. The minimum absolute atomic E-state index is 0.0577. The van der Waals surface area contributed by atoms with Crippen LogP contribution in [0.15, 0.2) is 114 Å². The number of hydrogen-bond acceptors (Lipinski definition) is 6. The summed E-state index contributed by atoms with van der Waals surface area (Å²) in [5.74, 6) is -1.42. The van der Waals surface area contributed by atoms with E-state index in [4.69, 9.17) is 11.6 Å². The first-order valence-electron chi connectivity index (χ1n) is 17.2. The fourth-order valence-electron chi connectivity index (χ4n) is 7.27. The molecule has 3 aliphatic heterocycles. The number of hydrazone groups is 1. The van der Waals surface area contributed by atoms with E-state index in [0.29, 0.717) is 47.8 Å². The number of halogens is 1. The van der Waals surface area contributed by atoms with Crippen molar-refractivity contribution < 1.29 is 24.6 Å². The molecule has 7 rings (SSSR count). The van der Waals surface area contributed by atoms with Crippen molar-refractivity contribution in [1.29, 1.82) is 0 Å². The van der Waals surface area contributed by atoms with E-state index in [1.165, 1.54) is 5.01 Å². The predicted molar refractivity (Wildman–Crippen MR) is 197 cm³/mol. The first-order valence-corrected chi connectivity index (χ1v) is 17.6. The third-order valence-electron chi connectivity index (χ3n) is 10.2. The van der Waals surface area contributed by atoms with Gasteiger partial charge in [0.05, 0.1) is 36.3 Å². The van der Waals surface area contributed by atoms with E-state index >= 15 is 0 Å². The lowest BCUT2D eigenvalue weighted by molar-refractivity contribution is -0.139. The maximum absolute atomic E-state index is 14.1. The number of aliphatic hydroxyl groups excluding tert-OH is 1. The zero-order valence-electron chi connectivity index (χ0n) is 28.3. The van der Waals surface area contributed by atoms with Crippen LogP contribution in [0.3, 0.4) is 0 Å². The lowest BCUT2D eigenvalue weighted by atomic mass is 9.83. The van der Waals surface area contributed by atoms with Crippen LogP contribution in [0.25, 0.3) is 0 Å². The summed E-state index contributed by atoms with van der Waals surface area (Å²) in [4.78, 5) is 43.5. The van der Waals surface area contributed by atoms with Gasteiger partial charge in [-0.05, 0) is 59.0 Å². The van der Waals surface area contributed by atoms with E-state index in [2.05, 4.69) is 5.10 Å². The highest BCUT2D eigenvalue weighted by molar-refractivity contribution is 6.31. The van der Waals surface area contributed by atoms with Crippen LogP contribution in [0, 0.1) is 5.92 Å². The minimum atomic E-state index is -1.92. The first kappa shape index (κ1) is 34.4. The summed E-state index contributed by atoms with van der Waals surface area (Å²) in [5.41, 5.74) is 4.47. The van der Waals surface area contributed by atoms with Crippen molar-refractivity contribution in [3.8, 4) is 0 Å². The molecule has 10 heteroatoms. The van der Waals surface area contributed by atoms with E-state index in [-0.39, 0.29) is 37.4 Å². The van der Waals surface area contributed by atoms with Gasteiger partial charge in [0.15, 0.2) is 5.60 Å². The number of nitrogens with zero attached hydrogens (tertiary/aromatic N) is 4. The molecule has 0 bridgehead atoms. The largest absolute Gasteiger partial charge is 0.394 e. The molecule has 3 amide bonds. The number of fused-ring (bicyclic) bond motifs is 2. The normalized spacial score (nSPS) is 20.7. The second-order valence-corrected chi connectivity index (χ2v) is 13.8. The van der Waals surface area contributed by atoms with E-state index < -0.39 is 17.4 Å². The number of carbonyl (C=O) groups excluding carboxylic acids is 3. The van der Waals surface area contributed by atoms with Crippen molar-refractivity contribution >= 4 is 46.4 Å². The van der Waals surface area contributed by atoms with Gasteiger partial charge in [0.1, 0.15) is 0 Å². The Labute approximate surface area is 302 Å². The number of amides is 3. The molecule has 4 aromatic carbocycles. The molecule has 9 nitrogen and oxygen atoms in total. The summed E-state index contributed by atoms with van der Waals surface area (Å²) in [7, 11) is 0. The van der Waals surface area contributed by atoms with Crippen molar-refractivity contribution in [2.75, 3.05) is 16.5 Å². The Morgan fingerprint density at radius 2 is 1.71 bits per heavy atom. The topological polar surface area (TPSA) is 114 Å². The summed E-state index contributed by atoms with van der Waals surface area (Å²) >= 11 is 6.39. The van der Waals surface area contributed by atoms with Gasteiger partial charge in [-0.1, -0.05) is 97.4 Å². The monoisotopic (exact) mass is 702 g/mol. The van der Waals surface area contributed by atoms with Crippen molar-refractivity contribution in [3.63, 3.8) is 0 Å². The molecule has 51 heavy (non-hydrogen) atoms. The van der Waals surface area contributed by atoms with Crippen molar-refractivity contribution in [2.24, 2.45) is 11.0 Å². The summed E-state index contributed by atoms with van der Waals surface area (Å²) in [6.45, 7) is 2.21. The van der Waals surface area contributed by atoms with Crippen LogP contribution < -0.4 is 9.91 Å². The number of anilines is 2. The standard InChI is InChI=1S/C41H39ClN4O5/c1-27(8-7-13-38(48)44-25-31-12-6-5-11-30(31)22-34(44)26-47)41(51)35-23-32(42)16-20-37(35)45(40(41)50)24-28-14-17-33(18-15-28)46-39(49)21-19-36(43-46)29-9-3-2-4-10-29/h2-12,14-18,20,23,27,34,47,51H,13,19,21-22,24-26H2,1H3/b8-7+/t27-,34+,41+/m1/s1. The minimum Gasteiger partial charge on any atom is -0.394 e. The maximum Gasteiger partial charge on any atom is 0.264 e. The van der Waals surface area contributed by atoms with Crippen LogP contribution in [0.5, 0.6) is 0 Å². The zero-order valence-corrected chi connectivity index (χ0v) is 29.0. The second-order valence-electron chi connectivity index (χ2n) is 13.4. The summed E-state index contributed by atoms with van der Waals surface area (Å²) in [5, 5.41) is 28.6. The van der Waals surface area contributed by atoms with Crippen molar-refractivity contribution in [2.45, 2.75) is 57.3 Å². The predicted octanol–water partition coefficient (Wildman–Crippen LogP) is 6.13. The lowest BCUT2D eigenvalue weighted by Crippen LogP contribution is -2.46. The molecule has 0 aromatic heterocycles. The average Bonchev–Trinajstić information content (AvgIpc) is 3.36. The molecule has 3 aliphatic rings. The van der Waals surface area contributed by atoms with Gasteiger partial charge >= 0.3 is 0 Å². The van der Waals surface area contributed by atoms with Crippen molar-refractivity contribution in [3.05, 3.63) is 142 Å². The second kappa shape index (κ2) is 14.3. The highest BCUT2D eigenvalue weighted by Gasteiger charge is 2.52. The average molecular weight is 703 g/mol. The lowest BCUT2D eigenvalue weighted by Gasteiger charge is -2.36. The molecule has 4 aromatic rings. The third kappa shape index (κ3) is 6.60. The van der Waals surface area contributed by atoms with Gasteiger partial charge in [-0.15, -0.1) is 0 Å². The van der Waals surface area contributed by atoms with E-state index in [9.17, 15) is 24.6 Å². The molecule has 0 saturated heterocycles. The van der Waals surface area contributed by atoms with Gasteiger partial charge in [-0.25, -0.2) is 5.01 Å². The zero-order chi connectivity index (χ0) is 35.7. The fraction of sp³-hybridized carbons (Fsp3) is 0.268. The Kier molecular flexibility index (Phi) is 9.61. The Morgan fingerprint density at radius 1 is 0.980 bits per heavy atom. The van der Waals surface area contributed by atoms with Crippen molar-refractivity contribution in [1.82, 2.24) is 4.90 Å². The molecular weight excluding hydrogens is 664 g/mol. The third-order valence-corrected chi connectivity index (χ3v) is 10.4. The molecule has 3 atom stereocenters. The Bertz CT molecular complexity index is 2030. The molecule has 0 radical (unpaired) electrons.